The summed E-state index contributed by atoms with van der Waals surface area (Å²) in [7, 11) is 0. The normalized spacial score (nSPS) is 18.5. The first kappa shape index (κ1) is 22.7. The molecular formula is C24H20F3NO5. The Labute approximate surface area is 187 Å². The van der Waals surface area contributed by atoms with Crippen LogP contribution in [0.4, 0.5) is 13.2 Å². The second-order valence-corrected chi connectivity index (χ2v) is 8.16. The van der Waals surface area contributed by atoms with Crippen molar-refractivity contribution in [2.75, 3.05) is 0 Å². The van der Waals surface area contributed by atoms with Crippen molar-refractivity contribution in [3.05, 3.63) is 64.7 Å². The maximum Gasteiger partial charge on any atom is 0.573 e. The fourth-order valence-electron chi connectivity index (χ4n) is 4.24. The molecule has 0 radical (unpaired) electrons. The molecule has 1 heterocycles. The van der Waals surface area contributed by atoms with Crippen molar-refractivity contribution in [2.45, 2.75) is 51.1 Å². The fraction of sp³-hybridized carbons (Fsp3) is 0.333. The van der Waals surface area contributed by atoms with E-state index in [0.717, 1.165) is 23.3 Å². The second kappa shape index (κ2) is 8.80. The average Bonchev–Trinajstić information content (AvgIpc) is 3.07. The van der Waals surface area contributed by atoms with E-state index in [1.165, 1.54) is 17.0 Å². The van der Waals surface area contributed by atoms with Crippen LogP contribution in [0, 0.1) is 0 Å². The number of hydrogen-bond donors (Lipinski definition) is 0. The van der Waals surface area contributed by atoms with Crippen molar-refractivity contribution in [3.8, 4) is 5.75 Å². The lowest BCUT2D eigenvalue weighted by Crippen LogP contribution is -2.44. The summed E-state index contributed by atoms with van der Waals surface area (Å²) in [5.41, 5.74) is 2.38. The molecule has 1 saturated carbocycles. The quantitative estimate of drug-likeness (QED) is 0.481. The zero-order chi connectivity index (χ0) is 23.8. The van der Waals surface area contributed by atoms with Crippen molar-refractivity contribution in [3.63, 3.8) is 0 Å². The van der Waals surface area contributed by atoms with Crippen molar-refractivity contribution < 1.29 is 37.1 Å². The van der Waals surface area contributed by atoms with E-state index in [2.05, 4.69) is 4.74 Å². The van der Waals surface area contributed by atoms with Gasteiger partial charge in [0.1, 0.15) is 11.5 Å². The van der Waals surface area contributed by atoms with Crippen LogP contribution in [0.25, 0.3) is 0 Å². The monoisotopic (exact) mass is 459 g/mol. The predicted octanol–water partition coefficient (Wildman–Crippen LogP) is 4.05. The van der Waals surface area contributed by atoms with Gasteiger partial charge in [-0.05, 0) is 54.3 Å². The molecule has 0 N–H and O–H groups in total. The number of amides is 1. The Kier molecular flexibility index (Phi) is 6.05. The SMILES string of the molecule is O=C1CCC(N2Cc3cc(CCC(=O)c4ccc(OC(F)(F)F)cc4)ccc3C2=O)C(=O)C1. The first-order valence-corrected chi connectivity index (χ1v) is 10.5. The maximum absolute atomic E-state index is 12.8. The van der Waals surface area contributed by atoms with Gasteiger partial charge in [0.15, 0.2) is 11.6 Å². The number of carbonyl (C=O) groups is 4. The number of Topliss-reactive ketones (excluding diaryl/α,β-unsaturated/α-hetero) is 3. The summed E-state index contributed by atoms with van der Waals surface area (Å²) < 4.78 is 40.5. The van der Waals surface area contributed by atoms with Gasteiger partial charge in [0.05, 0.1) is 12.5 Å². The Balaban J connectivity index is 1.38. The summed E-state index contributed by atoms with van der Waals surface area (Å²) >= 11 is 0. The summed E-state index contributed by atoms with van der Waals surface area (Å²) in [5, 5.41) is 0. The third kappa shape index (κ3) is 5.13. The van der Waals surface area contributed by atoms with Gasteiger partial charge in [-0.3, -0.25) is 19.2 Å². The third-order valence-corrected chi connectivity index (χ3v) is 5.87. The van der Waals surface area contributed by atoms with Crippen LogP contribution in [-0.4, -0.2) is 40.6 Å². The van der Waals surface area contributed by atoms with Crippen molar-refractivity contribution in [2.24, 2.45) is 0 Å². The first-order chi connectivity index (χ1) is 15.6. The summed E-state index contributed by atoms with van der Waals surface area (Å²) in [5.74, 6) is -1.20. The lowest BCUT2D eigenvalue weighted by molar-refractivity contribution is -0.274. The standard InChI is InChI=1S/C24H20F3NO5/c25-24(26,27)33-18-6-3-15(4-7-18)21(30)10-2-14-1-8-19-16(11-14)13-28(23(19)32)20-9-5-17(29)12-22(20)31/h1,3-4,6-8,11,20H,2,5,9-10,12-13H2. The third-order valence-electron chi connectivity index (χ3n) is 5.87. The number of carbonyl (C=O) groups excluding carboxylic acids is 4. The summed E-state index contributed by atoms with van der Waals surface area (Å²) in [6, 6.07) is 9.44. The fourth-order valence-corrected chi connectivity index (χ4v) is 4.24. The van der Waals surface area contributed by atoms with Crippen molar-refractivity contribution >= 4 is 23.3 Å². The molecule has 1 aliphatic carbocycles. The van der Waals surface area contributed by atoms with Gasteiger partial charge in [-0.25, -0.2) is 0 Å². The predicted molar refractivity (Wildman–Crippen MR) is 110 cm³/mol. The van der Waals surface area contributed by atoms with Crippen LogP contribution in [0.5, 0.6) is 5.75 Å². The molecule has 172 valence electrons. The summed E-state index contributed by atoms with van der Waals surface area (Å²) in [4.78, 5) is 50.4. The molecule has 0 bridgehead atoms. The van der Waals surface area contributed by atoms with E-state index in [0.29, 0.717) is 18.4 Å². The molecule has 0 saturated heterocycles. The molecule has 0 aromatic heterocycles. The van der Waals surface area contributed by atoms with E-state index in [9.17, 15) is 32.3 Å². The van der Waals surface area contributed by atoms with Crippen LogP contribution in [0.1, 0.15) is 57.5 Å². The van der Waals surface area contributed by atoms with Crippen LogP contribution in [0.3, 0.4) is 0 Å². The van der Waals surface area contributed by atoms with Gasteiger partial charge in [0.2, 0.25) is 0 Å². The van der Waals surface area contributed by atoms with Gasteiger partial charge in [-0.1, -0.05) is 12.1 Å². The zero-order valence-corrected chi connectivity index (χ0v) is 17.5. The molecule has 33 heavy (non-hydrogen) atoms. The molecular weight excluding hydrogens is 439 g/mol. The van der Waals surface area contributed by atoms with Crippen molar-refractivity contribution in [1.82, 2.24) is 4.90 Å². The molecule has 2 aliphatic rings. The van der Waals surface area contributed by atoms with E-state index in [4.69, 9.17) is 0 Å². The van der Waals surface area contributed by atoms with Gasteiger partial charge in [0.25, 0.3) is 5.91 Å². The van der Waals surface area contributed by atoms with E-state index < -0.39 is 18.2 Å². The minimum absolute atomic E-state index is 0.102. The minimum atomic E-state index is -4.79. The van der Waals surface area contributed by atoms with E-state index in [1.54, 1.807) is 12.1 Å². The molecule has 1 fully saturated rings. The Morgan fingerprint density at radius 1 is 1.06 bits per heavy atom. The molecule has 1 amide bonds. The smallest absolute Gasteiger partial charge is 0.406 e. The molecule has 1 unspecified atom stereocenters. The Morgan fingerprint density at radius 2 is 1.79 bits per heavy atom. The van der Waals surface area contributed by atoms with Crippen LogP contribution in [0.2, 0.25) is 0 Å². The molecule has 0 spiro atoms. The van der Waals surface area contributed by atoms with Gasteiger partial charge >= 0.3 is 6.36 Å². The molecule has 1 atom stereocenters. The van der Waals surface area contributed by atoms with Crippen LogP contribution < -0.4 is 4.74 Å². The largest absolute Gasteiger partial charge is 0.573 e. The summed E-state index contributed by atoms with van der Waals surface area (Å²) in [6.07, 6.45) is -3.78. The topological polar surface area (TPSA) is 80.8 Å². The number of aryl methyl sites for hydroxylation is 1. The number of benzene rings is 2. The molecule has 4 rings (SSSR count). The van der Waals surface area contributed by atoms with E-state index in [-0.39, 0.29) is 54.6 Å². The lowest BCUT2D eigenvalue weighted by Gasteiger charge is -2.29. The van der Waals surface area contributed by atoms with E-state index >= 15 is 0 Å². The van der Waals surface area contributed by atoms with Crippen LogP contribution in [-0.2, 0) is 22.6 Å². The first-order valence-electron chi connectivity index (χ1n) is 10.5. The van der Waals surface area contributed by atoms with Gasteiger partial charge in [-0.15, -0.1) is 13.2 Å². The summed E-state index contributed by atoms with van der Waals surface area (Å²) in [6.45, 7) is 0.279. The van der Waals surface area contributed by atoms with Crippen LogP contribution in [0.15, 0.2) is 42.5 Å². The molecule has 2 aromatic rings. The minimum Gasteiger partial charge on any atom is -0.406 e. The van der Waals surface area contributed by atoms with Crippen molar-refractivity contribution in [1.29, 1.82) is 0 Å². The number of rotatable bonds is 6. The number of alkyl halides is 3. The highest BCUT2D eigenvalue weighted by Crippen LogP contribution is 2.30. The Hall–Kier alpha value is -3.49. The maximum atomic E-state index is 12.8. The number of halogens is 3. The molecule has 2 aromatic carbocycles. The highest BCUT2D eigenvalue weighted by molar-refractivity contribution is 6.07. The van der Waals surface area contributed by atoms with Crippen LogP contribution >= 0.6 is 0 Å². The second-order valence-electron chi connectivity index (χ2n) is 8.16. The van der Waals surface area contributed by atoms with E-state index in [1.807, 2.05) is 6.07 Å². The zero-order valence-electron chi connectivity index (χ0n) is 17.5. The van der Waals surface area contributed by atoms with Gasteiger partial charge in [-0.2, -0.15) is 0 Å². The number of hydrogen-bond acceptors (Lipinski definition) is 5. The molecule has 6 nitrogen and oxygen atoms in total. The van der Waals surface area contributed by atoms with Gasteiger partial charge in [0, 0.05) is 30.5 Å². The number of nitrogens with zero attached hydrogens (tertiary/aromatic N) is 1. The molecule has 9 heteroatoms. The highest BCUT2D eigenvalue weighted by Gasteiger charge is 2.38. The highest BCUT2D eigenvalue weighted by atomic mass is 19.4. The number of fused-ring (bicyclic) bond motifs is 1. The molecule has 1 aliphatic heterocycles. The Morgan fingerprint density at radius 3 is 2.45 bits per heavy atom. The number of ketones is 3. The average molecular weight is 459 g/mol. The van der Waals surface area contributed by atoms with Gasteiger partial charge < -0.3 is 9.64 Å². The Bertz CT molecular complexity index is 1120. The number of ether oxygens (including phenoxy) is 1. The lowest BCUT2D eigenvalue weighted by atomic mass is 9.92.